The molecule has 6 rings (SSSR count). The van der Waals surface area contributed by atoms with Crippen LogP contribution in [0.1, 0.15) is 34.4 Å². The lowest BCUT2D eigenvalue weighted by Crippen LogP contribution is -2.32. The number of hydrogen-bond donors (Lipinski definition) is 1. The number of nitrogens with zero attached hydrogens (tertiary/aromatic N) is 3. The molecule has 4 aromatic rings. The van der Waals surface area contributed by atoms with Crippen LogP contribution in [-0.4, -0.2) is 28.1 Å². The maximum atomic E-state index is 6.69. The second-order valence-electron chi connectivity index (χ2n) is 8.41. The maximum absolute atomic E-state index is 6.69. The van der Waals surface area contributed by atoms with E-state index < -0.39 is 0 Å². The monoisotopic (exact) mass is 468 g/mol. The smallest absolute Gasteiger partial charge is 0.227 e. The molecule has 7 heteroatoms. The lowest BCUT2D eigenvalue weighted by atomic mass is 9.84. The molecule has 2 aliphatic rings. The van der Waals surface area contributed by atoms with Crippen molar-refractivity contribution in [2.45, 2.75) is 24.2 Å². The minimum Gasteiger partial charge on any atom is -0.497 e. The van der Waals surface area contributed by atoms with Crippen LogP contribution in [0.4, 0.5) is 5.95 Å². The first-order chi connectivity index (χ1) is 16.7. The molecule has 0 spiro atoms. The Bertz CT molecular complexity index is 1410. The summed E-state index contributed by atoms with van der Waals surface area (Å²) in [5.41, 5.74) is 6.51. The van der Waals surface area contributed by atoms with Crippen molar-refractivity contribution in [2.24, 2.45) is 0 Å². The molecule has 0 fully saturated rings. The molecule has 0 saturated carbocycles. The highest BCUT2D eigenvalue weighted by Gasteiger charge is 2.41. The number of hydrogen-bond acceptors (Lipinski definition) is 6. The number of anilines is 1. The van der Waals surface area contributed by atoms with Crippen LogP contribution in [-0.2, 0) is 0 Å². The van der Waals surface area contributed by atoms with E-state index in [0.717, 1.165) is 50.6 Å². The minimum absolute atomic E-state index is 0.176. The summed E-state index contributed by atoms with van der Waals surface area (Å²) in [6, 6.07) is 24.7. The molecule has 0 radical (unpaired) electrons. The summed E-state index contributed by atoms with van der Waals surface area (Å²) in [7, 11) is 1.68. The topological polar surface area (TPSA) is 61.2 Å². The van der Waals surface area contributed by atoms with Gasteiger partial charge in [0.05, 0.1) is 12.8 Å². The van der Waals surface area contributed by atoms with E-state index in [1.807, 2.05) is 47.3 Å². The first kappa shape index (κ1) is 20.9. The molecular formula is C27H24N4O2S. The molecule has 3 aromatic carbocycles. The molecule has 0 aliphatic carbocycles. The van der Waals surface area contributed by atoms with Gasteiger partial charge in [0.15, 0.2) is 0 Å². The van der Waals surface area contributed by atoms with Gasteiger partial charge in [0.25, 0.3) is 0 Å². The molecule has 34 heavy (non-hydrogen) atoms. The first-order valence-corrected chi connectivity index (χ1v) is 12.4. The van der Waals surface area contributed by atoms with Crippen molar-refractivity contribution in [3.8, 4) is 11.5 Å². The van der Waals surface area contributed by atoms with E-state index in [1.165, 1.54) is 17.3 Å². The molecule has 170 valence electrons. The normalized spacial score (nSPS) is 18.3. The van der Waals surface area contributed by atoms with E-state index in [1.54, 1.807) is 7.11 Å². The highest BCUT2D eigenvalue weighted by molar-refractivity contribution is 7.98. The zero-order valence-corrected chi connectivity index (χ0v) is 20.0. The molecule has 3 heterocycles. The molecular weight excluding hydrogens is 444 g/mol. The van der Waals surface area contributed by atoms with Crippen molar-refractivity contribution >= 4 is 23.4 Å². The van der Waals surface area contributed by atoms with Crippen LogP contribution in [0, 0.1) is 6.92 Å². The number of rotatable bonds is 4. The van der Waals surface area contributed by atoms with E-state index in [0.29, 0.717) is 0 Å². The number of aromatic nitrogens is 3. The number of ether oxygens (including phenoxy) is 2. The summed E-state index contributed by atoms with van der Waals surface area (Å²) in [6.45, 7) is 2.10. The predicted octanol–water partition coefficient (Wildman–Crippen LogP) is 5.88. The number of thioether (sulfide) groups is 1. The Balaban J connectivity index is 1.62. The second-order valence-corrected chi connectivity index (χ2v) is 9.18. The summed E-state index contributed by atoms with van der Waals surface area (Å²) in [5.74, 6) is 2.36. The summed E-state index contributed by atoms with van der Waals surface area (Å²) >= 11 is 1.53. The standard InChI is InChI=1S/C27H24N4O2S/c1-16-11-13-17(14-12-16)24-22-23(28-26-29-27(34-3)30-31(24)26)20-9-4-5-10-21(20)33-25(22)18-7-6-8-19(15-18)32-2/h4-15,24-25H,1-3H3,(H,28,29,30). The van der Waals surface area contributed by atoms with Gasteiger partial charge in [-0.15, -0.1) is 5.10 Å². The van der Waals surface area contributed by atoms with Gasteiger partial charge in [-0.1, -0.05) is 65.9 Å². The maximum Gasteiger partial charge on any atom is 0.227 e. The number of para-hydroxylation sites is 1. The summed E-state index contributed by atoms with van der Waals surface area (Å²) in [5, 5.41) is 9.17. The quantitative estimate of drug-likeness (QED) is 0.378. The molecule has 2 aliphatic heterocycles. The largest absolute Gasteiger partial charge is 0.497 e. The van der Waals surface area contributed by atoms with Crippen molar-refractivity contribution < 1.29 is 9.47 Å². The zero-order valence-electron chi connectivity index (χ0n) is 19.1. The Hall–Kier alpha value is -3.71. The second kappa shape index (κ2) is 8.25. The fraction of sp³-hybridized carbons (Fsp3) is 0.185. The van der Waals surface area contributed by atoms with E-state index in [2.05, 4.69) is 48.6 Å². The van der Waals surface area contributed by atoms with Crippen molar-refractivity contribution in [3.05, 3.63) is 101 Å². The van der Waals surface area contributed by atoms with Crippen LogP contribution in [0.5, 0.6) is 11.5 Å². The predicted molar refractivity (Wildman–Crippen MR) is 134 cm³/mol. The third kappa shape index (κ3) is 3.35. The molecule has 2 atom stereocenters. The highest BCUT2D eigenvalue weighted by atomic mass is 32.2. The zero-order chi connectivity index (χ0) is 23.2. The number of aryl methyl sites for hydroxylation is 1. The van der Waals surface area contributed by atoms with E-state index in [9.17, 15) is 0 Å². The lowest BCUT2D eigenvalue weighted by molar-refractivity contribution is 0.222. The first-order valence-electron chi connectivity index (χ1n) is 11.1. The number of fused-ring (bicyclic) bond motifs is 3. The van der Waals surface area contributed by atoms with Crippen LogP contribution in [0.3, 0.4) is 0 Å². The van der Waals surface area contributed by atoms with Crippen molar-refractivity contribution in [1.29, 1.82) is 0 Å². The van der Waals surface area contributed by atoms with Crippen LogP contribution in [0.2, 0.25) is 0 Å². The number of nitrogens with one attached hydrogen (secondary N) is 1. The molecule has 6 nitrogen and oxygen atoms in total. The molecule has 0 saturated heterocycles. The Morgan fingerprint density at radius 1 is 1.00 bits per heavy atom. The third-order valence-corrected chi connectivity index (χ3v) is 6.87. The van der Waals surface area contributed by atoms with Crippen LogP contribution < -0.4 is 14.8 Å². The average Bonchev–Trinajstić information content (AvgIpc) is 3.30. The SMILES string of the molecule is COc1cccc(C2Oc3ccccc3C3=C2C(c2ccc(C)cc2)n2nc(SC)nc2N3)c1. The summed E-state index contributed by atoms with van der Waals surface area (Å²) in [6.07, 6.45) is 1.67. The van der Waals surface area contributed by atoms with E-state index in [4.69, 9.17) is 19.6 Å². The summed E-state index contributed by atoms with van der Waals surface area (Å²) < 4.78 is 14.2. The molecule has 0 bridgehead atoms. The fourth-order valence-corrected chi connectivity index (χ4v) is 5.04. The van der Waals surface area contributed by atoms with Gasteiger partial charge in [-0.2, -0.15) is 4.98 Å². The molecule has 1 aromatic heterocycles. The number of benzene rings is 3. The Labute approximate surface area is 202 Å². The van der Waals surface area contributed by atoms with Crippen LogP contribution in [0.25, 0.3) is 5.70 Å². The van der Waals surface area contributed by atoms with Crippen molar-refractivity contribution in [3.63, 3.8) is 0 Å². The average molecular weight is 469 g/mol. The van der Waals surface area contributed by atoms with Gasteiger partial charge >= 0.3 is 0 Å². The van der Waals surface area contributed by atoms with E-state index in [-0.39, 0.29) is 12.1 Å². The third-order valence-electron chi connectivity index (χ3n) is 6.33. The Kier molecular flexibility index (Phi) is 5.07. The van der Waals surface area contributed by atoms with Gasteiger partial charge in [-0.3, -0.25) is 0 Å². The van der Waals surface area contributed by atoms with Gasteiger partial charge in [0.1, 0.15) is 23.6 Å². The van der Waals surface area contributed by atoms with Gasteiger partial charge in [-0.25, -0.2) is 4.68 Å². The Morgan fingerprint density at radius 3 is 2.62 bits per heavy atom. The number of methoxy groups -OCH3 is 1. The Morgan fingerprint density at radius 2 is 1.82 bits per heavy atom. The molecule has 1 N–H and O–H groups in total. The van der Waals surface area contributed by atoms with Gasteiger partial charge < -0.3 is 14.8 Å². The van der Waals surface area contributed by atoms with Crippen LogP contribution >= 0.6 is 11.8 Å². The highest BCUT2D eigenvalue weighted by Crippen LogP contribution is 2.51. The van der Waals surface area contributed by atoms with E-state index >= 15 is 0 Å². The fourth-order valence-electron chi connectivity index (χ4n) is 4.69. The lowest BCUT2D eigenvalue weighted by Gasteiger charge is -2.39. The molecule has 0 amide bonds. The van der Waals surface area contributed by atoms with Crippen molar-refractivity contribution in [1.82, 2.24) is 14.8 Å². The van der Waals surface area contributed by atoms with Gasteiger partial charge in [0.2, 0.25) is 11.1 Å². The van der Waals surface area contributed by atoms with Gasteiger partial charge in [0, 0.05) is 16.7 Å². The molecule has 2 unspecified atom stereocenters. The van der Waals surface area contributed by atoms with Crippen molar-refractivity contribution in [2.75, 3.05) is 18.7 Å². The minimum atomic E-state index is -0.325. The summed E-state index contributed by atoms with van der Waals surface area (Å²) in [4.78, 5) is 4.76. The van der Waals surface area contributed by atoms with Gasteiger partial charge in [-0.05, 0) is 43.0 Å². The van der Waals surface area contributed by atoms with Crippen LogP contribution in [0.15, 0.2) is 83.5 Å².